The minimum atomic E-state index is -0.844. The molecule has 1 fully saturated rings. The van der Waals surface area contributed by atoms with Gasteiger partial charge in [-0.25, -0.2) is 4.79 Å². The van der Waals surface area contributed by atoms with Crippen LogP contribution in [0.3, 0.4) is 0 Å². The van der Waals surface area contributed by atoms with Crippen molar-refractivity contribution in [1.29, 1.82) is 0 Å². The summed E-state index contributed by atoms with van der Waals surface area (Å²) in [4.78, 5) is 13.4. The Morgan fingerprint density at radius 2 is 2.22 bits per heavy atom. The third kappa shape index (κ3) is 3.57. The van der Waals surface area contributed by atoms with Crippen molar-refractivity contribution in [3.63, 3.8) is 0 Å². The van der Waals surface area contributed by atoms with E-state index in [1.54, 1.807) is 12.1 Å². The van der Waals surface area contributed by atoms with E-state index in [9.17, 15) is 4.79 Å². The zero-order valence-electron chi connectivity index (χ0n) is 10.9. The first kappa shape index (κ1) is 13.1. The maximum Gasteiger partial charge on any atom is 0.335 e. The predicted molar refractivity (Wildman–Crippen MR) is 71.7 cm³/mol. The van der Waals surface area contributed by atoms with E-state index in [-0.39, 0.29) is 0 Å². The SMILES string of the molecule is CCCCN(Cc1cccc(C(=O)O)c1)C1CC1. The monoisotopic (exact) mass is 247 g/mol. The Labute approximate surface area is 108 Å². The van der Waals surface area contributed by atoms with E-state index < -0.39 is 5.97 Å². The Bertz CT molecular complexity index is 413. The van der Waals surface area contributed by atoms with E-state index in [4.69, 9.17) is 5.11 Å². The predicted octanol–water partition coefficient (Wildman–Crippen LogP) is 3.15. The number of rotatable bonds is 7. The van der Waals surface area contributed by atoms with Crippen LogP contribution in [-0.2, 0) is 6.54 Å². The van der Waals surface area contributed by atoms with E-state index in [1.165, 1.54) is 25.7 Å². The molecule has 0 radical (unpaired) electrons. The number of hydrogen-bond donors (Lipinski definition) is 1. The van der Waals surface area contributed by atoms with Gasteiger partial charge in [0.15, 0.2) is 0 Å². The number of unbranched alkanes of at least 4 members (excludes halogenated alkanes) is 1. The van der Waals surface area contributed by atoms with E-state index in [0.717, 1.165) is 24.7 Å². The van der Waals surface area contributed by atoms with Gasteiger partial charge in [0.1, 0.15) is 0 Å². The molecule has 2 rings (SSSR count). The van der Waals surface area contributed by atoms with Gasteiger partial charge in [-0.05, 0) is 43.5 Å². The van der Waals surface area contributed by atoms with Crippen LogP contribution in [0.1, 0.15) is 48.5 Å². The molecule has 0 amide bonds. The third-order valence-electron chi connectivity index (χ3n) is 3.42. The zero-order valence-corrected chi connectivity index (χ0v) is 10.9. The van der Waals surface area contributed by atoms with Crippen molar-refractivity contribution in [2.45, 2.75) is 45.2 Å². The Hall–Kier alpha value is -1.35. The molecular formula is C15H21NO2. The molecule has 1 aliphatic carbocycles. The molecule has 1 aliphatic rings. The minimum absolute atomic E-state index is 0.388. The Balaban J connectivity index is 2.01. The molecule has 0 bridgehead atoms. The summed E-state index contributed by atoms with van der Waals surface area (Å²) < 4.78 is 0. The normalized spacial score (nSPS) is 15.0. The summed E-state index contributed by atoms with van der Waals surface area (Å²) in [5.41, 5.74) is 1.50. The van der Waals surface area contributed by atoms with Gasteiger partial charge in [0, 0.05) is 12.6 Å². The highest BCUT2D eigenvalue weighted by atomic mass is 16.4. The fourth-order valence-corrected chi connectivity index (χ4v) is 2.23. The van der Waals surface area contributed by atoms with Gasteiger partial charge in [0.2, 0.25) is 0 Å². The number of aromatic carboxylic acids is 1. The molecule has 18 heavy (non-hydrogen) atoms. The second-order valence-electron chi connectivity index (χ2n) is 5.06. The molecule has 1 saturated carbocycles. The van der Waals surface area contributed by atoms with E-state index in [0.29, 0.717) is 5.56 Å². The van der Waals surface area contributed by atoms with Crippen molar-refractivity contribution < 1.29 is 9.90 Å². The lowest BCUT2D eigenvalue weighted by atomic mass is 10.1. The smallest absolute Gasteiger partial charge is 0.335 e. The molecule has 1 aromatic carbocycles. The summed E-state index contributed by atoms with van der Waals surface area (Å²) in [7, 11) is 0. The minimum Gasteiger partial charge on any atom is -0.478 e. The molecule has 0 heterocycles. The first-order valence-corrected chi connectivity index (χ1v) is 6.77. The van der Waals surface area contributed by atoms with Gasteiger partial charge in [0.05, 0.1) is 5.56 Å². The van der Waals surface area contributed by atoms with Crippen LogP contribution >= 0.6 is 0 Å². The lowest BCUT2D eigenvalue weighted by Crippen LogP contribution is -2.26. The van der Waals surface area contributed by atoms with Gasteiger partial charge in [-0.2, -0.15) is 0 Å². The maximum absolute atomic E-state index is 10.9. The Kier molecular flexibility index (Phi) is 4.37. The molecule has 3 nitrogen and oxygen atoms in total. The number of hydrogen-bond acceptors (Lipinski definition) is 2. The lowest BCUT2D eigenvalue weighted by Gasteiger charge is -2.21. The van der Waals surface area contributed by atoms with Crippen LogP contribution in [0.2, 0.25) is 0 Å². The van der Waals surface area contributed by atoms with Crippen LogP contribution in [0.25, 0.3) is 0 Å². The zero-order chi connectivity index (χ0) is 13.0. The summed E-state index contributed by atoms with van der Waals surface area (Å²) in [5, 5.41) is 8.99. The lowest BCUT2D eigenvalue weighted by molar-refractivity contribution is 0.0696. The Morgan fingerprint density at radius 1 is 1.44 bits per heavy atom. The maximum atomic E-state index is 10.9. The summed E-state index contributed by atoms with van der Waals surface area (Å²) in [6, 6.07) is 8.03. The van der Waals surface area contributed by atoms with Crippen LogP contribution in [0.15, 0.2) is 24.3 Å². The average molecular weight is 247 g/mol. The quantitative estimate of drug-likeness (QED) is 0.804. The Morgan fingerprint density at radius 3 is 2.83 bits per heavy atom. The van der Waals surface area contributed by atoms with Crippen LogP contribution in [0.5, 0.6) is 0 Å². The molecule has 0 unspecified atom stereocenters. The second-order valence-corrected chi connectivity index (χ2v) is 5.06. The van der Waals surface area contributed by atoms with E-state index >= 15 is 0 Å². The largest absolute Gasteiger partial charge is 0.478 e. The second kappa shape index (κ2) is 6.01. The number of nitrogens with zero attached hydrogens (tertiary/aromatic N) is 1. The number of carbonyl (C=O) groups is 1. The van der Waals surface area contributed by atoms with Gasteiger partial charge in [-0.3, -0.25) is 4.90 Å². The molecular weight excluding hydrogens is 226 g/mol. The van der Waals surface area contributed by atoms with Crippen molar-refractivity contribution in [3.05, 3.63) is 35.4 Å². The highest BCUT2D eigenvalue weighted by Gasteiger charge is 2.28. The van der Waals surface area contributed by atoms with Crippen LogP contribution < -0.4 is 0 Å². The average Bonchev–Trinajstić information content (AvgIpc) is 3.19. The van der Waals surface area contributed by atoms with Gasteiger partial charge < -0.3 is 5.11 Å². The van der Waals surface area contributed by atoms with Crippen LogP contribution in [0.4, 0.5) is 0 Å². The van der Waals surface area contributed by atoms with Crippen LogP contribution in [-0.4, -0.2) is 28.6 Å². The van der Waals surface area contributed by atoms with Crippen molar-refractivity contribution in [2.75, 3.05) is 6.54 Å². The third-order valence-corrected chi connectivity index (χ3v) is 3.42. The summed E-state index contributed by atoms with van der Waals surface area (Å²) in [5.74, 6) is -0.844. The molecule has 1 aromatic rings. The molecule has 0 aliphatic heterocycles. The first-order chi connectivity index (χ1) is 8.70. The summed E-state index contributed by atoms with van der Waals surface area (Å²) in [6.45, 7) is 4.21. The van der Waals surface area contributed by atoms with Gasteiger partial charge in [-0.15, -0.1) is 0 Å². The highest BCUT2D eigenvalue weighted by Crippen LogP contribution is 2.28. The van der Waals surface area contributed by atoms with Crippen molar-refractivity contribution in [1.82, 2.24) is 4.90 Å². The first-order valence-electron chi connectivity index (χ1n) is 6.77. The molecule has 98 valence electrons. The summed E-state index contributed by atoms with van der Waals surface area (Å²) in [6.07, 6.45) is 5.01. The molecule has 1 N–H and O–H groups in total. The van der Waals surface area contributed by atoms with Gasteiger partial charge in [0.25, 0.3) is 0 Å². The topological polar surface area (TPSA) is 40.5 Å². The highest BCUT2D eigenvalue weighted by molar-refractivity contribution is 5.87. The summed E-state index contributed by atoms with van der Waals surface area (Å²) >= 11 is 0. The van der Waals surface area contributed by atoms with Crippen LogP contribution in [0, 0.1) is 0 Å². The number of carboxylic acids is 1. The molecule has 0 saturated heterocycles. The van der Waals surface area contributed by atoms with Gasteiger partial charge >= 0.3 is 5.97 Å². The number of benzene rings is 1. The molecule has 0 spiro atoms. The standard InChI is InChI=1S/C15H21NO2/c1-2-3-9-16(14-7-8-14)11-12-5-4-6-13(10-12)15(17)18/h4-6,10,14H,2-3,7-9,11H2,1H3,(H,17,18). The fourth-order valence-electron chi connectivity index (χ4n) is 2.23. The molecule has 0 atom stereocenters. The van der Waals surface area contributed by atoms with E-state index in [2.05, 4.69) is 11.8 Å². The van der Waals surface area contributed by atoms with Crippen molar-refractivity contribution in [3.8, 4) is 0 Å². The van der Waals surface area contributed by atoms with Crippen molar-refractivity contribution >= 4 is 5.97 Å². The molecule has 0 aromatic heterocycles. The number of carboxylic acid groups (broad SMARTS) is 1. The van der Waals surface area contributed by atoms with Crippen molar-refractivity contribution in [2.24, 2.45) is 0 Å². The van der Waals surface area contributed by atoms with E-state index in [1.807, 2.05) is 12.1 Å². The molecule has 3 heteroatoms. The van der Waals surface area contributed by atoms with Gasteiger partial charge in [-0.1, -0.05) is 25.5 Å². The fraction of sp³-hybridized carbons (Fsp3) is 0.533.